The second kappa shape index (κ2) is 7.32. The summed E-state index contributed by atoms with van der Waals surface area (Å²) < 4.78 is 0. The van der Waals surface area contributed by atoms with Crippen molar-refractivity contribution in [2.75, 3.05) is 13.1 Å². The van der Waals surface area contributed by atoms with E-state index in [1.54, 1.807) is 42.5 Å². The van der Waals surface area contributed by atoms with Crippen molar-refractivity contribution in [3.63, 3.8) is 0 Å². The van der Waals surface area contributed by atoms with Crippen molar-refractivity contribution in [3.8, 4) is 0 Å². The summed E-state index contributed by atoms with van der Waals surface area (Å²) in [4.78, 5) is 38.8. The van der Waals surface area contributed by atoms with Crippen LogP contribution in [0.15, 0.2) is 48.5 Å². The number of hydrogen-bond acceptors (Lipinski definition) is 4. The largest absolute Gasteiger partial charge is 0.285 e. The molecule has 0 aliphatic carbocycles. The van der Waals surface area contributed by atoms with Crippen molar-refractivity contribution in [3.05, 3.63) is 70.8 Å². The number of hydrazine groups is 1. The number of imide groups is 1. The standard InChI is InChI=1S/C21H21N3O3/c25-19(22-23-11-4-1-5-12-23)16-8-6-7-15(13-16)14-24-20(26)17-9-2-3-10-18(17)21(24)27/h2-3,6-10,13H,1,4-5,11-12,14H2,(H,22,25). The van der Waals surface area contributed by atoms with Gasteiger partial charge in [0.15, 0.2) is 0 Å². The van der Waals surface area contributed by atoms with Crippen molar-refractivity contribution in [2.24, 2.45) is 0 Å². The molecule has 0 aromatic heterocycles. The van der Waals surface area contributed by atoms with E-state index in [4.69, 9.17) is 0 Å². The Morgan fingerprint density at radius 1 is 0.889 bits per heavy atom. The van der Waals surface area contributed by atoms with Gasteiger partial charge in [-0.15, -0.1) is 0 Å². The molecular formula is C21H21N3O3. The van der Waals surface area contributed by atoms with Crippen LogP contribution < -0.4 is 5.43 Å². The monoisotopic (exact) mass is 363 g/mol. The summed E-state index contributed by atoms with van der Waals surface area (Å²) in [5, 5.41) is 1.95. The van der Waals surface area contributed by atoms with E-state index in [9.17, 15) is 14.4 Å². The van der Waals surface area contributed by atoms with Crippen LogP contribution in [0, 0.1) is 0 Å². The van der Waals surface area contributed by atoms with Crippen LogP contribution in [0.3, 0.4) is 0 Å². The lowest BCUT2D eigenvalue weighted by Crippen LogP contribution is -2.45. The van der Waals surface area contributed by atoms with Gasteiger partial charge in [0.1, 0.15) is 0 Å². The SMILES string of the molecule is O=C(NN1CCCCC1)c1cccc(CN2C(=O)c3ccccc3C2=O)c1. The van der Waals surface area contributed by atoms with E-state index in [0.717, 1.165) is 31.5 Å². The van der Waals surface area contributed by atoms with Gasteiger partial charge < -0.3 is 0 Å². The molecule has 0 radical (unpaired) electrons. The highest BCUT2D eigenvalue weighted by atomic mass is 16.2. The number of hydrogen-bond donors (Lipinski definition) is 1. The third-order valence-corrected chi connectivity index (χ3v) is 5.02. The van der Waals surface area contributed by atoms with Crippen LogP contribution in [0.5, 0.6) is 0 Å². The minimum Gasteiger partial charge on any atom is -0.285 e. The summed E-state index contributed by atoms with van der Waals surface area (Å²) in [6.45, 7) is 1.87. The van der Waals surface area contributed by atoms with Crippen LogP contribution in [-0.2, 0) is 6.54 Å². The van der Waals surface area contributed by atoms with Gasteiger partial charge in [0.25, 0.3) is 17.7 Å². The number of rotatable bonds is 4. The molecule has 2 heterocycles. The average Bonchev–Trinajstić information content (AvgIpc) is 2.94. The highest BCUT2D eigenvalue weighted by Crippen LogP contribution is 2.24. The number of carbonyl (C=O) groups excluding carboxylic acids is 3. The van der Waals surface area contributed by atoms with Crippen molar-refractivity contribution in [1.29, 1.82) is 0 Å². The highest BCUT2D eigenvalue weighted by molar-refractivity contribution is 6.21. The molecule has 6 heteroatoms. The maximum atomic E-state index is 12.5. The molecule has 2 aromatic rings. The second-order valence-electron chi connectivity index (χ2n) is 6.93. The van der Waals surface area contributed by atoms with Crippen LogP contribution >= 0.6 is 0 Å². The lowest BCUT2D eigenvalue weighted by molar-refractivity contribution is 0.0642. The predicted octanol–water partition coefficient (Wildman–Crippen LogP) is 2.61. The molecule has 0 spiro atoms. The molecule has 2 aromatic carbocycles. The van der Waals surface area contributed by atoms with Crippen molar-refractivity contribution >= 4 is 17.7 Å². The topological polar surface area (TPSA) is 69.7 Å². The molecule has 2 aliphatic heterocycles. The van der Waals surface area contributed by atoms with Gasteiger partial charge in [-0.1, -0.05) is 30.7 Å². The van der Waals surface area contributed by atoms with Gasteiger partial charge >= 0.3 is 0 Å². The molecular weight excluding hydrogens is 342 g/mol. The Morgan fingerprint density at radius 2 is 1.56 bits per heavy atom. The molecule has 0 saturated carbocycles. The van der Waals surface area contributed by atoms with E-state index < -0.39 is 0 Å². The number of nitrogens with one attached hydrogen (secondary N) is 1. The zero-order valence-corrected chi connectivity index (χ0v) is 15.0. The Labute approximate surface area is 157 Å². The van der Waals surface area contributed by atoms with Crippen molar-refractivity contribution in [2.45, 2.75) is 25.8 Å². The fourth-order valence-electron chi connectivity index (χ4n) is 3.59. The third-order valence-electron chi connectivity index (χ3n) is 5.02. The smallest absolute Gasteiger partial charge is 0.265 e. The summed E-state index contributed by atoms with van der Waals surface area (Å²) in [5.41, 5.74) is 5.07. The quantitative estimate of drug-likeness (QED) is 0.848. The Morgan fingerprint density at radius 3 is 2.22 bits per heavy atom. The Bertz CT molecular complexity index is 868. The minimum atomic E-state index is -0.293. The lowest BCUT2D eigenvalue weighted by Gasteiger charge is -2.26. The van der Waals surface area contributed by atoms with E-state index in [-0.39, 0.29) is 24.3 Å². The minimum absolute atomic E-state index is 0.150. The van der Waals surface area contributed by atoms with Gasteiger partial charge in [0, 0.05) is 18.7 Å². The number of fused-ring (bicyclic) bond motifs is 1. The first-order valence-corrected chi connectivity index (χ1v) is 9.23. The number of nitrogens with zero attached hydrogens (tertiary/aromatic N) is 2. The van der Waals surface area contributed by atoms with Crippen LogP contribution in [0.4, 0.5) is 0 Å². The lowest BCUT2D eigenvalue weighted by atomic mass is 10.1. The molecule has 2 aliphatic rings. The molecule has 1 N–H and O–H groups in total. The molecule has 4 rings (SSSR count). The van der Waals surface area contributed by atoms with Gasteiger partial charge in [-0.25, -0.2) is 5.01 Å². The molecule has 1 saturated heterocycles. The van der Waals surface area contributed by atoms with Gasteiger partial charge in [-0.2, -0.15) is 0 Å². The number of benzene rings is 2. The Kier molecular flexibility index (Phi) is 4.73. The average molecular weight is 363 g/mol. The molecule has 6 nitrogen and oxygen atoms in total. The zero-order chi connectivity index (χ0) is 18.8. The maximum Gasteiger partial charge on any atom is 0.265 e. The summed E-state index contributed by atoms with van der Waals surface area (Å²) in [6.07, 6.45) is 3.36. The van der Waals surface area contributed by atoms with E-state index >= 15 is 0 Å². The number of carbonyl (C=O) groups is 3. The fourth-order valence-corrected chi connectivity index (χ4v) is 3.59. The van der Waals surface area contributed by atoms with Crippen LogP contribution in [0.2, 0.25) is 0 Å². The number of amides is 3. The number of piperidine rings is 1. The van der Waals surface area contributed by atoms with E-state index in [2.05, 4.69) is 5.43 Å². The van der Waals surface area contributed by atoms with E-state index in [1.807, 2.05) is 11.1 Å². The van der Waals surface area contributed by atoms with E-state index in [1.165, 1.54) is 11.3 Å². The van der Waals surface area contributed by atoms with E-state index in [0.29, 0.717) is 16.7 Å². The molecule has 0 unspecified atom stereocenters. The summed E-state index contributed by atoms with van der Waals surface area (Å²) in [5.74, 6) is -0.751. The summed E-state index contributed by atoms with van der Waals surface area (Å²) in [7, 11) is 0. The van der Waals surface area contributed by atoms with Gasteiger partial charge in [-0.3, -0.25) is 24.7 Å². The Balaban J connectivity index is 1.48. The summed E-state index contributed by atoms with van der Waals surface area (Å²) >= 11 is 0. The fraction of sp³-hybridized carbons (Fsp3) is 0.286. The van der Waals surface area contributed by atoms with Crippen LogP contribution in [0.25, 0.3) is 0 Å². The van der Waals surface area contributed by atoms with Gasteiger partial charge in [0.05, 0.1) is 17.7 Å². The predicted molar refractivity (Wildman–Crippen MR) is 100.0 cm³/mol. The molecule has 3 amide bonds. The Hall–Kier alpha value is -2.99. The molecule has 0 bridgehead atoms. The first kappa shape index (κ1) is 17.4. The molecule has 1 fully saturated rings. The first-order valence-electron chi connectivity index (χ1n) is 9.23. The van der Waals surface area contributed by atoms with Crippen molar-refractivity contribution in [1.82, 2.24) is 15.3 Å². The first-order chi connectivity index (χ1) is 13.1. The normalized spacial score (nSPS) is 17.1. The van der Waals surface area contributed by atoms with Gasteiger partial charge in [-0.05, 0) is 42.7 Å². The second-order valence-corrected chi connectivity index (χ2v) is 6.93. The maximum absolute atomic E-state index is 12.5. The van der Waals surface area contributed by atoms with Crippen LogP contribution in [-0.4, -0.2) is 40.7 Å². The summed E-state index contributed by atoms with van der Waals surface area (Å²) in [6, 6.07) is 13.9. The third kappa shape index (κ3) is 3.48. The molecule has 138 valence electrons. The van der Waals surface area contributed by atoms with Gasteiger partial charge in [0.2, 0.25) is 0 Å². The van der Waals surface area contributed by atoms with Crippen LogP contribution in [0.1, 0.15) is 55.9 Å². The zero-order valence-electron chi connectivity index (χ0n) is 15.0. The highest BCUT2D eigenvalue weighted by Gasteiger charge is 2.35. The van der Waals surface area contributed by atoms with Crippen molar-refractivity contribution < 1.29 is 14.4 Å². The molecule has 27 heavy (non-hydrogen) atoms. The molecule has 0 atom stereocenters.